The third-order valence-electron chi connectivity index (χ3n) is 1.70. The molecular weight excluding hydrogens is 210 g/mol. The smallest absolute Gasteiger partial charge is 0.323 e. The normalized spacial score (nSPS) is 21.2. The van der Waals surface area contributed by atoms with Crippen LogP contribution in [0.2, 0.25) is 0 Å². The van der Waals surface area contributed by atoms with E-state index < -0.39 is 43.3 Å². The topological polar surface area (TPSA) is 92.8 Å². The van der Waals surface area contributed by atoms with Crippen molar-refractivity contribution in [3.05, 3.63) is 23.8 Å². The zero-order chi connectivity index (χ0) is 18.2. The zero-order valence-corrected chi connectivity index (χ0v) is 8.10. The molecule has 0 aliphatic carbocycles. The van der Waals surface area contributed by atoms with E-state index in [1.54, 1.807) is 0 Å². The van der Waals surface area contributed by atoms with E-state index in [2.05, 4.69) is 4.74 Å². The molecule has 0 aromatic heterocycles. The van der Waals surface area contributed by atoms with Crippen LogP contribution in [0.4, 0.5) is 0 Å². The van der Waals surface area contributed by atoms with Crippen molar-refractivity contribution >= 4 is 5.97 Å². The fraction of sp³-hybridized carbons (Fsp3) is 0.364. The van der Waals surface area contributed by atoms with Gasteiger partial charge in [0.2, 0.25) is 0 Å². The van der Waals surface area contributed by atoms with Crippen LogP contribution in [0.3, 0.4) is 0 Å². The Morgan fingerprint density at radius 1 is 1.62 bits per heavy atom. The van der Waals surface area contributed by atoms with Crippen molar-refractivity contribution in [2.75, 3.05) is 6.56 Å². The van der Waals surface area contributed by atoms with Crippen molar-refractivity contribution in [3.63, 3.8) is 0 Å². The number of rotatable bonds is 4. The second-order valence-corrected chi connectivity index (χ2v) is 2.85. The summed E-state index contributed by atoms with van der Waals surface area (Å²) < 4.78 is 55.0. The molecule has 0 aliphatic rings. The van der Waals surface area contributed by atoms with Gasteiger partial charge in [0.1, 0.15) is 6.04 Å². The minimum absolute atomic E-state index is 0.285. The van der Waals surface area contributed by atoms with Crippen LogP contribution in [-0.2, 0) is 15.9 Å². The van der Waals surface area contributed by atoms with Crippen LogP contribution in [0.1, 0.15) is 22.0 Å². The molecule has 0 aliphatic heterocycles. The summed E-state index contributed by atoms with van der Waals surface area (Å²) in [6, 6.07) is 0.799. The third-order valence-corrected chi connectivity index (χ3v) is 1.70. The number of phenols is 2. The van der Waals surface area contributed by atoms with E-state index in [1.165, 1.54) is 0 Å². The van der Waals surface area contributed by atoms with E-state index >= 15 is 0 Å². The van der Waals surface area contributed by atoms with Gasteiger partial charge in [-0.15, -0.1) is 0 Å². The van der Waals surface area contributed by atoms with Crippen molar-refractivity contribution in [2.24, 2.45) is 5.73 Å². The maximum atomic E-state index is 11.8. The number of benzene rings is 1. The molecule has 0 bridgehead atoms. The number of carbonyl (C=O) groups excluding carboxylic acids is 1. The predicted molar refractivity (Wildman–Crippen MR) is 58.1 cm³/mol. The van der Waals surface area contributed by atoms with Crippen molar-refractivity contribution in [1.29, 1.82) is 0 Å². The molecule has 1 atom stereocenters. The first-order chi connectivity index (χ1) is 10.2. The maximum Gasteiger partial charge on any atom is 0.323 e. The summed E-state index contributed by atoms with van der Waals surface area (Å²) in [6.45, 7) is -6.61. The van der Waals surface area contributed by atoms with Crippen LogP contribution < -0.4 is 5.73 Å². The van der Waals surface area contributed by atoms with Gasteiger partial charge in [-0.2, -0.15) is 0 Å². The number of nitrogens with two attached hydrogens (primary N) is 1. The lowest BCUT2D eigenvalue weighted by molar-refractivity contribution is -0.144. The van der Waals surface area contributed by atoms with Crippen LogP contribution in [0, 0.1) is 0 Å². The molecule has 4 N–H and O–H groups in total. The molecule has 1 aromatic carbocycles. The van der Waals surface area contributed by atoms with Crippen LogP contribution in [0.5, 0.6) is 11.5 Å². The van der Waals surface area contributed by atoms with E-state index in [0.29, 0.717) is 0 Å². The lowest BCUT2D eigenvalue weighted by Gasteiger charge is -2.10. The monoisotopic (exact) mass is 232 g/mol. The molecule has 1 rings (SSSR count). The number of ether oxygens (including phenoxy) is 1. The molecule has 0 saturated carbocycles. The predicted octanol–water partition coefficient (Wildman–Crippen LogP) is 0.531. The number of aromatic hydroxyl groups is 2. The summed E-state index contributed by atoms with van der Waals surface area (Å²) in [6.07, 6.45) is -2.62. The van der Waals surface area contributed by atoms with Crippen LogP contribution in [0.25, 0.3) is 0 Å². The molecule has 0 unspecified atom stereocenters. The van der Waals surface area contributed by atoms with E-state index in [-0.39, 0.29) is 5.56 Å². The molecule has 0 spiro atoms. The van der Waals surface area contributed by atoms with E-state index in [9.17, 15) is 15.0 Å². The van der Waals surface area contributed by atoms with Crippen LogP contribution >= 0.6 is 0 Å². The Balaban J connectivity index is 3.04. The number of esters is 1. The van der Waals surface area contributed by atoms with Gasteiger partial charge in [-0.05, 0) is 30.9 Å². The van der Waals surface area contributed by atoms with Gasteiger partial charge in [-0.25, -0.2) is 0 Å². The highest BCUT2D eigenvalue weighted by atomic mass is 16.5. The first-order valence-corrected chi connectivity index (χ1v) is 4.21. The first kappa shape index (κ1) is 5.54. The largest absolute Gasteiger partial charge is 0.504 e. The molecule has 16 heavy (non-hydrogen) atoms. The Morgan fingerprint density at radius 3 is 3.00 bits per heavy atom. The standard InChI is InChI=1S/C11H15NO4/c1-2-16-11(15)8(12)5-7-3-4-9(13)10(14)6-7/h3-4,6,8,13-14H,2,5,12H2,1H3/t8-/m0/s1/i1D3,2D2,5D2. The number of hydrogen-bond donors (Lipinski definition) is 3. The average molecular weight is 232 g/mol. The fourth-order valence-electron chi connectivity index (χ4n) is 0.965. The number of phenolic OH excluding ortho intramolecular Hbond substituents is 2. The SMILES string of the molecule is [2H]C([2H])(c1ccc(O)c(O)c1)[C@H](N)C(=O)OC([2H])([2H])C([2H])([2H])[2H]. The summed E-state index contributed by atoms with van der Waals surface area (Å²) in [5.74, 6) is -2.77. The number of carbonyl (C=O) groups is 1. The van der Waals surface area contributed by atoms with Gasteiger partial charge in [-0.3, -0.25) is 4.79 Å². The van der Waals surface area contributed by atoms with Crippen LogP contribution in [-0.4, -0.2) is 28.8 Å². The average Bonchev–Trinajstić information content (AvgIpc) is 2.38. The van der Waals surface area contributed by atoms with Crippen LogP contribution in [0.15, 0.2) is 18.2 Å². The highest BCUT2D eigenvalue weighted by Crippen LogP contribution is 2.25. The highest BCUT2D eigenvalue weighted by Gasteiger charge is 2.15. The lowest BCUT2D eigenvalue weighted by Crippen LogP contribution is -2.34. The second kappa shape index (κ2) is 5.37. The maximum absolute atomic E-state index is 11.8. The quantitative estimate of drug-likeness (QED) is 0.520. The zero-order valence-electron chi connectivity index (χ0n) is 15.1. The van der Waals surface area contributed by atoms with E-state index in [1.807, 2.05) is 0 Å². The van der Waals surface area contributed by atoms with Gasteiger partial charge in [0.25, 0.3) is 0 Å². The van der Waals surface area contributed by atoms with Gasteiger partial charge < -0.3 is 20.7 Å². The Morgan fingerprint density at radius 2 is 2.38 bits per heavy atom. The summed E-state index contributed by atoms with van der Waals surface area (Å²) in [5.41, 5.74) is 5.14. The summed E-state index contributed by atoms with van der Waals surface area (Å²) >= 11 is 0. The molecule has 5 heteroatoms. The molecule has 0 heterocycles. The third kappa shape index (κ3) is 3.13. The summed E-state index contributed by atoms with van der Waals surface area (Å²) in [5, 5.41) is 18.6. The molecule has 0 fully saturated rings. The minimum Gasteiger partial charge on any atom is -0.504 e. The van der Waals surface area contributed by atoms with Crippen molar-refractivity contribution < 1.29 is 29.3 Å². The van der Waals surface area contributed by atoms with Gasteiger partial charge in [0.05, 0.1) is 9.30 Å². The van der Waals surface area contributed by atoms with Gasteiger partial charge in [0, 0.05) is 6.85 Å². The first-order valence-electron chi connectivity index (χ1n) is 7.71. The van der Waals surface area contributed by atoms with Crippen molar-refractivity contribution in [1.82, 2.24) is 0 Å². The fourth-order valence-corrected chi connectivity index (χ4v) is 0.965. The lowest BCUT2D eigenvalue weighted by atomic mass is 10.1. The summed E-state index contributed by atoms with van der Waals surface area (Å²) in [7, 11) is 0. The molecule has 0 amide bonds. The van der Waals surface area contributed by atoms with E-state index in [0.717, 1.165) is 18.2 Å². The summed E-state index contributed by atoms with van der Waals surface area (Å²) in [4.78, 5) is 11.8. The second-order valence-electron chi connectivity index (χ2n) is 2.85. The van der Waals surface area contributed by atoms with E-state index in [4.69, 9.17) is 15.3 Å². The van der Waals surface area contributed by atoms with Crippen molar-refractivity contribution in [3.8, 4) is 11.5 Å². The Bertz CT molecular complexity index is 603. The Kier molecular flexibility index (Phi) is 1.86. The van der Waals surface area contributed by atoms with Crippen molar-refractivity contribution in [2.45, 2.75) is 19.3 Å². The highest BCUT2D eigenvalue weighted by molar-refractivity contribution is 5.75. The Hall–Kier alpha value is -1.75. The van der Waals surface area contributed by atoms with Gasteiger partial charge in [0.15, 0.2) is 11.5 Å². The molecule has 0 radical (unpaired) electrons. The molecular formula is C11H15NO4. The molecule has 0 saturated heterocycles. The van der Waals surface area contributed by atoms with Gasteiger partial charge in [-0.1, -0.05) is 6.07 Å². The minimum atomic E-state index is -3.34. The number of hydrogen-bond acceptors (Lipinski definition) is 5. The molecule has 1 aromatic rings. The molecule has 5 nitrogen and oxygen atoms in total. The molecule has 88 valence electrons. The Labute approximate surface area is 103 Å². The van der Waals surface area contributed by atoms with Gasteiger partial charge >= 0.3 is 5.97 Å².